The van der Waals surface area contributed by atoms with Gasteiger partial charge in [0.15, 0.2) is 5.65 Å². The highest BCUT2D eigenvalue weighted by Crippen LogP contribution is 2.25. The van der Waals surface area contributed by atoms with E-state index in [0.717, 1.165) is 37.1 Å². The molecule has 0 spiro atoms. The number of rotatable bonds is 7. The number of nitrogens with zero attached hydrogens (tertiary/aromatic N) is 5. The van der Waals surface area contributed by atoms with Crippen LogP contribution in [-0.2, 0) is 17.8 Å². The van der Waals surface area contributed by atoms with Gasteiger partial charge in [-0.1, -0.05) is 30.3 Å². The molecule has 4 rings (SSSR count). The number of hydrogen-bond acceptors (Lipinski definition) is 5. The minimum atomic E-state index is -0.0469. The van der Waals surface area contributed by atoms with E-state index in [4.69, 9.17) is 0 Å². The van der Waals surface area contributed by atoms with Gasteiger partial charge in [0.05, 0.1) is 11.6 Å². The van der Waals surface area contributed by atoms with E-state index in [-0.39, 0.29) is 12.5 Å². The van der Waals surface area contributed by atoms with E-state index >= 15 is 0 Å². The number of amides is 1. The normalized spacial score (nSPS) is 14.0. The Kier molecular flexibility index (Phi) is 5.27. The van der Waals surface area contributed by atoms with Gasteiger partial charge in [-0.15, -0.1) is 0 Å². The first-order valence-corrected chi connectivity index (χ1v) is 9.53. The fourth-order valence-corrected chi connectivity index (χ4v) is 3.53. The van der Waals surface area contributed by atoms with Crippen LogP contribution in [0.3, 0.4) is 0 Å². The zero-order chi connectivity index (χ0) is 18.5. The monoisotopic (exact) mass is 364 g/mol. The van der Waals surface area contributed by atoms with Gasteiger partial charge in [0.1, 0.15) is 18.7 Å². The van der Waals surface area contributed by atoms with E-state index in [2.05, 4.69) is 37.4 Å². The number of carbonyl (C=O) groups excluding carboxylic acids is 1. The summed E-state index contributed by atoms with van der Waals surface area (Å²) in [6.07, 6.45) is 7.57. The van der Waals surface area contributed by atoms with Gasteiger partial charge in [-0.05, 0) is 31.2 Å². The second-order valence-electron chi connectivity index (χ2n) is 6.87. The Hall–Kier alpha value is -2.96. The van der Waals surface area contributed by atoms with Crippen LogP contribution in [0.1, 0.15) is 24.8 Å². The van der Waals surface area contributed by atoms with Gasteiger partial charge in [0, 0.05) is 19.6 Å². The van der Waals surface area contributed by atoms with E-state index in [0.29, 0.717) is 12.2 Å². The van der Waals surface area contributed by atoms with Gasteiger partial charge >= 0.3 is 0 Å². The molecule has 1 N–H and O–H groups in total. The highest BCUT2D eigenvalue weighted by atomic mass is 16.2. The molecule has 2 aromatic heterocycles. The van der Waals surface area contributed by atoms with E-state index in [1.807, 2.05) is 18.2 Å². The van der Waals surface area contributed by atoms with Gasteiger partial charge in [0.25, 0.3) is 0 Å². The molecule has 1 aromatic carbocycles. The maximum atomic E-state index is 12.3. The maximum absolute atomic E-state index is 12.3. The van der Waals surface area contributed by atoms with Crippen molar-refractivity contribution < 1.29 is 4.79 Å². The molecule has 0 unspecified atom stereocenters. The second kappa shape index (κ2) is 8.16. The molecule has 140 valence electrons. The van der Waals surface area contributed by atoms with Gasteiger partial charge in [0.2, 0.25) is 5.91 Å². The molecule has 1 saturated heterocycles. The first-order valence-electron chi connectivity index (χ1n) is 9.53. The molecule has 7 heteroatoms. The van der Waals surface area contributed by atoms with Crippen LogP contribution in [0.15, 0.2) is 42.9 Å². The Bertz CT molecular complexity index is 901. The third kappa shape index (κ3) is 4.07. The molecule has 0 atom stereocenters. The van der Waals surface area contributed by atoms with Gasteiger partial charge in [-0.2, -0.15) is 5.10 Å². The Morgan fingerprint density at radius 2 is 1.93 bits per heavy atom. The summed E-state index contributed by atoms with van der Waals surface area (Å²) in [5.41, 5.74) is 2.00. The number of benzene rings is 1. The quantitative estimate of drug-likeness (QED) is 0.650. The minimum Gasteiger partial charge on any atom is -0.356 e. The van der Waals surface area contributed by atoms with Crippen molar-refractivity contribution in [1.82, 2.24) is 25.1 Å². The summed E-state index contributed by atoms with van der Waals surface area (Å²) >= 11 is 0. The molecule has 0 saturated carbocycles. The van der Waals surface area contributed by atoms with Crippen molar-refractivity contribution in [2.75, 3.05) is 24.5 Å². The third-order valence-corrected chi connectivity index (χ3v) is 4.92. The van der Waals surface area contributed by atoms with Crippen LogP contribution in [0.2, 0.25) is 0 Å². The number of hydrogen-bond donors (Lipinski definition) is 1. The number of aryl methyl sites for hydroxylation is 1. The minimum absolute atomic E-state index is 0.0469. The molecule has 3 aromatic rings. The van der Waals surface area contributed by atoms with E-state index in [1.165, 1.54) is 18.4 Å². The molecule has 7 nitrogen and oxygen atoms in total. The highest BCUT2D eigenvalue weighted by molar-refractivity contribution is 5.88. The van der Waals surface area contributed by atoms with Crippen molar-refractivity contribution in [3.05, 3.63) is 48.4 Å². The van der Waals surface area contributed by atoms with Crippen molar-refractivity contribution in [2.24, 2.45) is 0 Å². The predicted octanol–water partition coefficient (Wildman–Crippen LogP) is 2.18. The lowest BCUT2D eigenvalue weighted by atomic mass is 10.1. The molecule has 0 aliphatic carbocycles. The summed E-state index contributed by atoms with van der Waals surface area (Å²) in [5.74, 6) is 0.876. The Morgan fingerprint density at radius 1 is 1.11 bits per heavy atom. The van der Waals surface area contributed by atoms with Crippen LogP contribution in [-0.4, -0.2) is 45.3 Å². The fourth-order valence-electron chi connectivity index (χ4n) is 3.53. The largest absolute Gasteiger partial charge is 0.356 e. The van der Waals surface area contributed by atoms with Crippen molar-refractivity contribution in [2.45, 2.75) is 32.2 Å². The van der Waals surface area contributed by atoms with Crippen LogP contribution >= 0.6 is 0 Å². The SMILES string of the molecule is O=C(Cn1ncc2c(N3CCCC3)ncnc21)NCCCc1ccccc1. The molecular weight excluding hydrogens is 340 g/mol. The molecule has 3 heterocycles. The number of carbonyl (C=O) groups is 1. The van der Waals surface area contributed by atoms with Crippen molar-refractivity contribution >= 4 is 22.8 Å². The van der Waals surface area contributed by atoms with Crippen LogP contribution in [0.4, 0.5) is 5.82 Å². The molecule has 1 aliphatic rings. The molecule has 0 bridgehead atoms. The van der Waals surface area contributed by atoms with Crippen molar-refractivity contribution in [1.29, 1.82) is 0 Å². The maximum Gasteiger partial charge on any atom is 0.241 e. The molecular formula is C20H24N6O. The van der Waals surface area contributed by atoms with Gasteiger partial charge in [-0.3, -0.25) is 4.79 Å². The van der Waals surface area contributed by atoms with Crippen molar-refractivity contribution in [3.8, 4) is 0 Å². The first-order chi connectivity index (χ1) is 13.3. The summed E-state index contributed by atoms with van der Waals surface area (Å²) in [7, 11) is 0. The van der Waals surface area contributed by atoms with Crippen LogP contribution in [0, 0.1) is 0 Å². The summed E-state index contributed by atoms with van der Waals surface area (Å²) < 4.78 is 1.66. The third-order valence-electron chi connectivity index (χ3n) is 4.92. The number of anilines is 1. The molecule has 0 radical (unpaired) electrons. The molecule has 1 amide bonds. The zero-order valence-electron chi connectivity index (χ0n) is 15.3. The topological polar surface area (TPSA) is 75.9 Å². The fraction of sp³-hybridized carbons (Fsp3) is 0.400. The number of aromatic nitrogens is 4. The average molecular weight is 364 g/mol. The Morgan fingerprint density at radius 3 is 2.74 bits per heavy atom. The van der Waals surface area contributed by atoms with E-state index in [1.54, 1.807) is 17.2 Å². The van der Waals surface area contributed by atoms with E-state index < -0.39 is 0 Å². The van der Waals surface area contributed by atoms with Crippen molar-refractivity contribution in [3.63, 3.8) is 0 Å². The molecule has 1 fully saturated rings. The molecule has 27 heavy (non-hydrogen) atoms. The first kappa shape index (κ1) is 17.5. The highest BCUT2D eigenvalue weighted by Gasteiger charge is 2.19. The summed E-state index contributed by atoms with van der Waals surface area (Å²) in [6, 6.07) is 10.3. The second-order valence-corrected chi connectivity index (χ2v) is 6.87. The van der Waals surface area contributed by atoms with Crippen LogP contribution in [0.25, 0.3) is 11.0 Å². The summed E-state index contributed by atoms with van der Waals surface area (Å²) in [6.45, 7) is 2.85. The average Bonchev–Trinajstić information content (AvgIpc) is 3.36. The summed E-state index contributed by atoms with van der Waals surface area (Å²) in [5, 5.41) is 8.26. The van der Waals surface area contributed by atoms with Crippen LogP contribution < -0.4 is 10.2 Å². The van der Waals surface area contributed by atoms with Gasteiger partial charge < -0.3 is 10.2 Å². The Balaban J connectivity index is 1.34. The smallest absolute Gasteiger partial charge is 0.241 e. The zero-order valence-corrected chi connectivity index (χ0v) is 15.3. The van der Waals surface area contributed by atoms with Gasteiger partial charge in [-0.25, -0.2) is 14.6 Å². The molecule has 1 aliphatic heterocycles. The number of fused-ring (bicyclic) bond motifs is 1. The predicted molar refractivity (Wildman–Crippen MR) is 105 cm³/mol. The van der Waals surface area contributed by atoms with E-state index in [9.17, 15) is 4.79 Å². The standard InChI is InChI=1S/C20H24N6O/c27-18(21-10-6-9-16-7-2-1-3-8-16)14-26-20-17(13-24-26)19(22-15-23-20)25-11-4-5-12-25/h1-3,7-8,13,15H,4-6,9-12,14H2,(H,21,27). The van der Waals surface area contributed by atoms with Crippen LogP contribution in [0.5, 0.6) is 0 Å². The lowest BCUT2D eigenvalue weighted by molar-refractivity contribution is -0.121. The number of nitrogens with one attached hydrogen (secondary N) is 1. The lowest BCUT2D eigenvalue weighted by Gasteiger charge is -2.16. The summed E-state index contributed by atoms with van der Waals surface area (Å²) in [4.78, 5) is 23.3. The Labute approximate surface area is 158 Å². The lowest BCUT2D eigenvalue weighted by Crippen LogP contribution is -2.29.